The third kappa shape index (κ3) is 5.63. The Hall–Kier alpha value is -1.19. The van der Waals surface area contributed by atoms with Crippen LogP contribution >= 0.6 is 0 Å². The highest BCUT2D eigenvalue weighted by Gasteiger charge is 1.99. The van der Waals surface area contributed by atoms with Crippen LogP contribution in [0.3, 0.4) is 0 Å². The second kappa shape index (κ2) is 8.02. The van der Waals surface area contributed by atoms with Gasteiger partial charge in [-0.15, -0.1) is 6.58 Å². The van der Waals surface area contributed by atoms with Crippen molar-refractivity contribution in [3.05, 3.63) is 42.7 Å². The number of pyridine rings is 1. The molecule has 3 nitrogen and oxygen atoms in total. The van der Waals surface area contributed by atoms with Gasteiger partial charge >= 0.3 is 0 Å². The standard InChI is InChI=1S/C13H21N3/c1-3-8-14-10-12-16(2)11-7-13-6-4-5-9-15-13/h3-6,9,14H,1,7-8,10-12H2,2H3. The van der Waals surface area contributed by atoms with E-state index >= 15 is 0 Å². The van der Waals surface area contributed by atoms with E-state index in [1.165, 1.54) is 0 Å². The second-order valence-corrected chi connectivity index (χ2v) is 3.87. The fourth-order valence-corrected chi connectivity index (χ4v) is 1.44. The monoisotopic (exact) mass is 219 g/mol. The lowest BCUT2D eigenvalue weighted by atomic mass is 10.2. The van der Waals surface area contributed by atoms with Crippen molar-refractivity contribution in [2.75, 3.05) is 33.2 Å². The van der Waals surface area contributed by atoms with Crippen molar-refractivity contribution >= 4 is 0 Å². The summed E-state index contributed by atoms with van der Waals surface area (Å²) >= 11 is 0. The molecule has 1 aromatic rings. The van der Waals surface area contributed by atoms with Crippen LogP contribution < -0.4 is 5.32 Å². The van der Waals surface area contributed by atoms with Crippen LogP contribution in [0.25, 0.3) is 0 Å². The first kappa shape index (κ1) is 12.9. The average molecular weight is 219 g/mol. The third-order valence-corrected chi connectivity index (χ3v) is 2.43. The van der Waals surface area contributed by atoms with Gasteiger partial charge < -0.3 is 10.2 Å². The molecule has 0 saturated heterocycles. The fourth-order valence-electron chi connectivity index (χ4n) is 1.44. The van der Waals surface area contributed by atoms with Crippen molar-refractivity contribution in [3.63, 3.8) is 0 Å². The lowest BCUT2D eigenvalue weighted by Gasteiger charge is -2.16. The highest BCUT2D eigenvalue weighted by molar-refractivity contribution is 5.03. The van der Waals surface area contributed by atoms with Crippen molar-refractivity contribution in [3.8, 4) is 0 Å². The van der Waals surface area contributed by atoms with Crippen molar-refractivity contribution in [2.45, 2.75) is 6.42 Å². The molecule has 0 aliphatic carbocycles. The van der Waals surface area contributed by atoms with Crippen LogP contribution in [0.1, 0.15) is 5.69 Å². The van der Waals surface area contributed by atoms with Crippen molar-refractivity contribution < 1.29 is 0 Å². The Bertz CT molecular complexity index is 284. The number of rotatable bonds is 8. The minimum atomic E-state index is 0.883. The first-order valence-corrected chi connectivity index (χ1v) is 5.73. The van der Waals surface area contributed by atoms with Gasteiger partial charge in [0.25, 0.3) is 0 Å². The molecule has 0 atom stereocenters. The molecule has 1 heterocycles. The summed E-state index contributed by atoms with van der Waals surface area (Å²) in [5.41, 5.74) is 1.16. The highest BCUT2D eigenvalue weighted by atomic mass is 15.1. The molecule has 16 heavy (non-hydrogen) atoms. The smallest absolute Gasteiger partial charge is 0.0416 e. The van der Waals surface area contributed by atoms with E-state index in [4.69, 9.17) is 0 Å². The van der Waals surface area contributed by atoms with E-state index in [0.29, 0.717) is 0 Å². The molecule has 0 aliphatic rings. The molecule has 0 fully saturated rings. The molecule has 0 spiro atoms. The minimum absolute atomic E-state index is 0.883. The number of aromatic nitrogens is 1. The van der Waals surface area contributed by atoms with E-state index in [0.717, 1.165) is 38.3 Å². The molecule has 0 bridgehead atoms. The van der Waals surface area contributed by atoms with Crippen LogP contribution in [0, 0.1) is 0 Å². The van der Waals surface area contributed by atoms with E-state index in [1.807, 2.05) is 24.4 Å². The Balaban J connectivity index is 2.10. The van der Waals surface area contributed by atoms with Gasteiger partial charge in [-0.2, -0.15) is 0 Å². The topological polar surface area (TPSA) is 28.2 Å². The SMILES string of the molecule is C=CCNCCN(C)CCc1ccccn1. The minimum Gasteiger partial charge on any atom is -0.312 e. The number of hydrogen-bond acceptors (Lipinski definition) is 3. The quantitative estimate of drug-likeness (QED) is 0.528. The van der Waals surface area contributed by atoms with Gasteiger partial charge in [-0.1, -0.05) is 12.1 Å². The zero-order valence-corrected chi connectivity index (χ0v) is 10.0. The average Bonchev–Trinajstić information content (AvgIpc) is 2.33. The van der Waals surface area contributed by atoms with E-state index in [9.17, 15) is 0 Å². The number of likely N-dealkylation sites (N-methyl/N-ethyl adjacent to an activating group) is 1. The van der Waals surface area contributed by atoms with Gasteiger partial charge in [0.05, 0.1) is 0 Å². The van der Waals surface area contributed by atoms with Crippen LogP contribution in [0.15, 0.2) is 37.1 Å². The van der Waals surface area contributed by atoms with Gasteiger partial charge in [0.15, 0.2) is 0 Å². The van der Waals surface area contributed by atoms with Gasteiger partial charge in [-0.25, -0.2) is 0 Å². The molecule has 1 N–H and O–H groups in total. The summed E-state index contributed by atoms with van der Waals surface area (Å²) in [6.07, 6.45) is 4.74. The van der Waals surface area contributed by atoms with Gasteiger partial charge in [0, 0.05) is 44.5 Å². The van der Waals surface area contributed by atoms with Gasteiger partial charge in [-0.05, 0) is 19.2 Å². The molecule has 1 rings (SSSR count). The van der Waals surface area contributed by atoms with Crippen LogP contribution in [0.4, 0.5) is 0 Å². The highest BCUT2D eigenvalue weighted by Crippen LogP contribution is 1.95. The summed E-state index contributed by atoms with van der Waals surface area (Å²) in [5, 5.41) is 3.29. The van der Waals surface area contributed by atoms with Gasteiger partial charge in [-0.3, -0.25) is 4.98 Å². The van der Waals surface area contributed by atoms with Crippen LogP contribution in [-0.2, 0) is 6.42 Å². The summed E-state index contributed by atoms with van der Waals surface area (Å²) in [6.45, 7) is 7.66. The maximum Gasteiger partial charge on any atom is 0.0416 e. The zero-order valence-electron chi connectivity index (χ0n) is 10.0. The zero-order chi connectivity index (χ0) is 11.6. The lowest BCUT2D eigenvalue weighted by Crippen LogP contribution is -2.30. The predicted molar refractivity (Wildman–Crippen MR) is 68.5 cm³/mol. The Morgan fingerprint density at radius 3 is 3.00 bits per heavy atom. The Morgan fingerprint density at radius 2 is 2.31 bits per heavy atom. The van der Waals surface area contributed by atoms with Crippen LogP contribution in [0.5, 0.6) is 0 Å². The van der Waals surface area contributed by atoms with E-state index < -0.39 is 0 Å². The molecular weight excluding hydrogens is 198 g/mol. The normalized spacial score (nSPS) is 10.6. The lowest BCUT2D eigenvalue weighted by molar-refractivity contribution is 0.336. The van der Waals surface area contributed by atoms with Gasteiger partial charge in [0.2, 0.25) is 0 Å². The largest absolute Gasteiger partial charge is 0.312 e. The molecule has 1 aromatic heterocycles. The van der Waals surface area contributed by atoms with E-state index in [1.54, 1.807) is 0 Å². The summed E-state index contributed by atoms with van der Waals surface area (Å²) < 4.78 is 0. The first-order chi connectivity index (χ1) is 7.83. The number of hydrogen-bond donors (Lipinski definition) is 1. The van der Waals surface area contributed by atoms with Gasteiger partial charge in [0.1, 0.15) is 0 Å². The fraction of sp³-hybridized carbons (Fsp3) is 0.462. The molecule has 0 unspecified atom stereocenters. The molecule has 0 amide bonds. The van der Waals surface area contributed by atoms with Crippen LogP contribution in [-0.4, -0.2) is 43.1 Å². The Labute approximate surface area is 98.2 Å². The Kier molecular flexibility index (Phi) is 6.45. The molecule has 88 valence electrons. The summed E-state index contributed by atoms with van der Waals surface area (Å²) in [6, 6.07) is 6.06. The van der Waals surface area contributed by atoms with Crippen LogP contribution in [0.2, 0.25) is 0 Å². The molecule has 0 saturated carbocycles. The second-order valence-electron chi connectivity index (χ2n) is 3.87. The molecule has 3 heteroatoms. The molecule has 0 aliphatic heterocycles. The van der Waals surface area contributed by atoms with Crippen molar-refractivity contribution in [1.29, 1.82) is 0 Å². The Morgan fingerprint density at radius 1 is 1.44 bits per heavy atom. The maximum absolute atomic E-state index is 4.30. The summed E-state index contributed by atoms with van der Waals surface area (Å²) in [7, 11) is 2.14. The van der Waals surface area contributed by atoms with E-state index in [-0.39, 0.29) is 0 Å². The number of nitrogens with one attached hydrogen (secondary N) is 1. The first-order valence-electron chi connectivity index (χ1n) is 5.73. The summed E-state index contributed by atoms with van der Waals surface area (Å²) in [4.78, 5) is 6.62. The van der Waals surface area contributed by atoms with E-state index in [2.05, 4.69) is 34.9 Å². The predicted octanol–water partition coefficient (Wildman–Crippen LogP) is 1.33. The molecular formula is C13H21N3. The summed E-state index contributed by atoms with van der Waals surface area (Å²) in [5.74, 6) is 0. The maximum atomic E-state index is 4.30. The van der Waals surface area contributed by atoms with Crippen molar-refractivity contribution in [1.82, 2.24) is 15.2 Å². The van der Waals surface area contributed by atoms with Crippen molar-refractivity contribution in [2.24, 2.45) is 0 Å². The molecule has 0 radical (unpaired) electrons. The number of nitrogens with zero attached hydrogens (tertiary/aromatic N) is 2. The molecule has 0 aromatic carbocycles. The third-order valence-electron chi connectivity index (χ3n) is 2.43.